The molecule has 6 heteroatoms. The Morgan fingerprint density at radius 1 is 1.25 bits per heavy atom. The molecule has 4 N–H and O–H groups in total. The Morgan fingerprint density at radius 3 is 2.55 bits per heavy atom. The first-order chi connectivity index (χ1) is 9.65. The van der Waals surface area contributed by atoms with Crippen molar-refractivity contribution in [2.75, 3.05) is 0 Å². The maximum Gasteiger partial charge on any atom is 0.300 e. The smallest absolute Gasteiger partial charge is 0.300 e. The van der Waals surface area contributed by atoms with Crippen molar-refractivity contribution < 1.29 is 4.79 Å². The number of amides is 1. The number of para-hydroxylation sites is 1. The van der Waals surface area contributed by atoms with E-state index in [2.05, 4.69) is 10.1 Å². The van der Waals surface area contributed by atoms with Crippen molar-refractivity contribution >= 4 is 11.9 Å². The number of carbonyl (C=O) groups excluding carboxylic acids is 1. The molecule has 1 heterocycles. The summed E-state index contributed by atoms with van der Waals surface area (Å²) in [5.41, 5.74) is 12.7. The molecule has 2 aromatic rings. The highest BCUT2D eigenvalue weighted by atomic mass is 16.1. The molecule has 1 aliphatic carbocycles. The fraction of sp³-hybridized carbons (Fsp3) is 0.214. The van der Waals surface area contributed by atoms with Crippen LogP contribution in [0, 0.1) is 0 Å². The molecule has 20 heavy (non-hydrogen) atoms. The molecule has 1 amide bonds. The fourth-order valence-electron chi connectivity index (χ4n) is 2.13. The van der Waals surface area contributed by atoms with E-state index in [1.54, 1.807) is 4.68 Å². The van der Waals surface area contributed by atoms with E-state index in [-0.39, 0.29) is 5.96 Å². The Morgan fingerprint density at radius 2 is 1.95 bits per heavy atom. The van der Waals surface area contributed by atoms with E-state index in [1.165, 1.54) is 0 Å². The van der Waals surface area contributed by atoms with Gasteiger partial charge < -0.3 is 11.5 Å². The van der Waals surface area contributed by atoms with Gasteiger partial charge in [0.1, 0.15) is 0 Å². The first-order valence-electron chi connectivity index (χ1n) is 6.44. The van der Waals surface area contributed by atoms with E-state index >= 15 is 0 Å². The van der Waals surface area contributed by atoms with Gasteiger partial charge in [0.2, 0.25) is 0 Å². The number of benzene rings is 1. The Balaban J connectivity index is 2.03. The van der Waals surface area contributed by atoms with Gasteiger partial charge in [-0.25, -0.2) is 4.68 Å². The van der Waals surface area contributed by atoms with Crippen LogP contribution in [-0.2, 0) is 0 Å². The Labute approximate surface area is 116 Å². The first kappa shape index (κ1) is 12.4. The molecule has 1 aromatic heterocycles. The maximum atomic E-state index is 12.0. The van der Waals surface area contributed by atoms with Gasteiger partial charge in [-0.3, -0.25) is 4.79 Å². The zero-order chi connectivity index (χ0) is 14.1. The average Bonchev–Trinajstić information content (AvgIpc) is 3.17. The third-order valence-electron chi connectivity index (χ3n) is 3.21. The second-order valence-corrected chi connectivity index (χ2v) is 4.83. The molecule has 0 aliphatic heterocycles. The number of nitrogens with two attached hydrogens (primary N) is 2. The molecule has 3 rings (SSSR count). The van der Waals surface area contributed by atoms with Crippen LogP contribution in [-0.4, -0.2) is 21.6 Å². The van der Waals surface area contributed by atoms with Crippen molar-refractivity contribution in [1.29, 1.82) is 0 Å². The van der Waals surface area contributed by atoms with Gasteiger partial charge in [0.25, 0.3) is 0 Å². The van der Waals surface area contributed by atoms with Gasteiger partial charge in [0.05, 0.1) is 5.69 Å². The lowest BCUT2D eigenvalue weighted by Gasteiger charge is -1.98. The number of nitrogens with zero attached hydrogens (tertiary/aromatic N) is 3. The Kier molecular flexibility index (Phi) is 2.98. The van der Waals surface area contributed by atoms with E-state index < -0.39 is 5.91 Å². The lowest BCUT2D eigenvalue weighted by atomic mass is 10.1. The third kappa shape index (κ3) is 2.40. The summed E-state index contributed by atoms with van der Waals surface area (Å²) >= 11 is 0. The van der Waals surface area contributed by atoms with Gasteiger partial charge in [0.15, 0.2) is 11.7 Å². The van der Waals surface area contributed by atoms with E-state index in [0.717, 1.165) is 24.1 Å². The van der Waals surface area contributed by atoms with E-state index in [9.17, 15) is 4.79 Å². The van der Waals surface area contributed by atoms with Crippen LogP contribution in [0.25, 0.3) is 5.69 Å². The SMILES string of the molecule is NC(N)=NC(=O)c1nn(-c2ccccc2)cc1C1CC1. The highest BCUT2D eigenvalue weighted by Crippen LogP contribution is 2.41. The topological polar surface area (TPSA) is 99.3 Å². The predicted molar refractivity (Wildman–Crippen MR) is 75.7 cm³/mol. The molecule has 1 saturated carbocycles. The summed E-state index contributed by atoms with van der Waals surface area (Å²) in [5.74, 6) is -0.340. The van der Waals surface area contributed by atoms with Crippen molar-refractivity contribution in [3.05, 3.63) is 47.8 Å². The molecular formula is C14H15N5O. The lowest BCUT2D eigenvalue weighted by molar-refractivity contribution is 0.0996. The molecule has 0 radical (unpaired) electrons. The standard InChI is InChI=1S/C14H15N5O/c15-14(16)17-13(20)12-11(9-6-7-9)8-19(18-12)10-4-2-1-3-5-10/h1-5,8-9H,6-7H2,(H4,15,16,17,20). The number of rotatable bonds is 3. The minimum atomic E-state index is -0.485. The predicted octanol–water partition coefficient (Wildman–Crippen LogP) is 1.16. The molecule has 1 fully saturated rings. The summed E-state index contributed by atoms with van der Waals surface area (Å²) in [5, 5.41) is 4.34. The van der Waals surface area contributed by atoms with E-state index in [1.807, 2.05) is 36.5 Å². The number of aromatic nitrogens is 2. The molecule has 0 unspecified atom stereocenters. The van der Waals surface area contributed by atoms with Gasteiger partial charge in [-0.15, -0.1) is 0 Å². The normalized spacial score (nSPS) is 14.0. The summed E-state index contributed by atoms with van der Waals surface area (Å²) in [4.78, 5) is 15.6. The highest BCUT2D eigenvalue weighted by Gasteiger charge is 2.31. The second kappa shape index (κ2) is 4.80. The quantitative estimate of drug-likeness (QED) is 0.645. The van der Waals surface area contributed by atoms with Crippen LogP contribution in [0.3, 0.4) is 0 Å². The van der Waals surface area contributed by atoms with Crippen LogP contribution in [0.2, 0.25) is 0 Å². The summed E-state index contributed by atoms with van der Waals surface area (Å²) in [6.45, 7) is 0. The van der Waals surface area contributed by atoms with Crippen LogP contribution in [0.1, 0.15) is 34.8 Å². The molecule has 0 spiro atoms. The lowest BCUT2D eigenvalue weighted by Crippen LogP contribution is -2.24. The number of hydrogen-bond acceptors (Lipinski definition) is 2. The van der Waals surface area contributed by atoms with Gasteiger partial charge in [-0.1, -0.05) is 18.2 Å². The highest BCUT2D eigenvalue weighted by molar-refractivity contribution is 6.01. The van der Waals surface area contributed by atoms with Crippen molar-refractivity contribution in [3.63, 3.8) is 0 Å². The zero-order valence-electron chi connectivity index (χ0n) is 10.9. The molecule has 102 valence electrons. The summed E-state index contributed by atoms with van der Waals surface area (Å²) in [6, 6.07) is 9.63. The number of aliphatic imine (C=N–C) groups is 1. The van der Waals surface area contributed by atoms with Crippen LogP contribution in [0.4, 0.5) is 0 Å². The van der Waals surface area contributed by atoms with Crippen LogP contribution in [0.15, 0.2) is 41.5 Å². The van der Waals surface area contributed by atoms with Crippen LogP contribution >= 0.6 is 0 Å². The van der Waals surface area contributed by atoms with Gasteiger partial charge in [-0.05, 0) is 30.9 Å². The maximum absolute atomic E-state index is 12.0. The molecule has 1 aliphatic rings. The van der Waals surface area contributed by atoms with E-state index in [4.69, 9.17) is 11.5 Å². The first-order valence-corrected chi connectivity index (χ1v) is 6.44. The number of hydrogen-bond donors (Lipinski definition) is 2. The largest absolute Gasteiger partial charge is 0.370 e. The summed E-state index contributed by atoms with van der Waals surface area (Å²) in [6.07, 6.45) is 4.04. The van der Waals surface area contributed by atoms with Crippen molar-refractivity contribution in [3.8, 4) is 5.69 Å². The van der Waals surface area contributed by atoms with E-state index in [0.29, 0.717) is 11.6 Å². The monoisotopic (exact) mass is 269 g/mol. The minimum Gasteiger partial charge on any atom is -0.370 e. The molecule has 0 bridgehead atoms. The Bertz CT molecular complexity index is 666. The third-order valence-corrected chi connectivity index (χ3v) is 3.21. The summed E-state index contributed by atoms with van der Waals surface area (Å²) in [7, 11) is 0. The number of carbonyl (C=O) groups is 1. The average molecular weight is 269 g/mol. The molecule has 0 atom stereocenters. The zero-order valence-corrected chi connectivity index (χ0v) is 10.9. The second-order valence-electron chi connectivity index (χ2n) is 4.83. The van der Waals surface area contributed by atoms with Crippen LogP contribution in [0.5, 0.6) is 0 Å². The Hall–Kier alpha value is -2.63. The summed E-state index contributed by atoms with van der Waals surface area (Å²) < 4.78 is 1.70. The molecular weight excluding hydrogens is 254 g/mol. The van der Waals surface area contributed by atoms with Crippen LogP contribution < -0.4 is 11.5 Å². The van der Waals surface area contributed by atoms with Gasteiger partial charge in [-0.2, -0.15) is 10.1 Å². The number of guanidine groups is 1. The minimum absolute atomic E-state index is 0.244. The van der Waals surface area contributed by atoms with Crippen molar-refractivity contribution in [2.24, 2.45) is 16.5 Å². The van der Waals surface area contributed by atoms with Gasteiger partial charge >= 0.3 is 5.91 Å². The van der Waals surface area contributed by atoms with Crippen molar-refractivity contribution in [1.82, 2.24) is 9.78 Å². The van der Waals surface area contributed by atoms with Gasteiger partial charge in [0, 0.05) is 11.8 Å². The molecule has 1 aromatic carbocycles. The van der Waals surface area contributed by atoms with Crippen molar-refractivity contribution in [2.45, 2.75) is 18.8 Å². The molecule has 6 nitrogen and oxygen atoms in total. The fourth-order valence-corrected chi connectivity index (χ4v) is 2.13. The molecule has 0 saturated heterocycles.